The predicted molar refractivity (Wildman–Crippen MR) is 72.4 cm³/mol. The summed E-state index contributed by atoms with van der Waals surface area (Å²) in [6, 6.07) is 0.891. The second-order valence-corrected chi connectivity index (χ2v) is 4.38. The van der Waals surface area contributed by atoms with E-state index in [1.54, 1.807) is 0 Å². The summed E-state index contributed by atoms with van der Waals surface area (Å²) in [5.41, 5.74) is 10.2. The number of nitrogen functional groups attached to an aromatic ring is 2. The molecule has 0 spiro atoms. The number of anilines is 3. The molecule has 0 fully saturated rings. The van der Waals surface area contributed by atoms with Crippen molar-refractivity contribution in [2.24, 2.45) is 0 Å². The first-order valence-electron chi connectivity index (χ1n) is 5.61. The van der Waals surface area contributed by atoms with Gasteiger partial charge in [-0.15, -0.1) is 0 Å². The van der Waals surface area contributed by atoms with Gasteiger partial charge in [0.05, 0.1) is 5.56 Å². The van der Waals surface area contributed by atoms with Gasteiger partial charge in [0, 0.05) is 24.5 Å². The summed E-state index contributed by atoms with van der Waals surface area (Å²) in [7, 11) is 0. The van der Waals surface area contributed by atoms with Crippen molar-refractivity contribution in [3.8, 4) is 0 Å². The predicted octanol–water partition coefficient (Wildman–Crippen LogP) is 2.32. The maximum absolute atomic E-state index is 12.8. The first-order valence-corrected chi connectivity index (χ1v) is 5.99. The number of nitrogens with two attached hydrogens (primary N) is 2. The van der Waals surface area contributed by atoms with Crippen molar-refractivity contribution in [3.63, 3.8) is 0 Å². The molecule has 0 amide bonds. The first-order chi connectivity index (χ1) is 9.79. The number of nitrogens with zero attached hydrogens (tertiary/aromatic N) is 3. The van der Waals surface area contributed by atoms with Crippen LogP contribution in [0.25, 0.3) is 0 Å². The molecule has 0 aliphatic heterocycles. The van der Waals surface area contributed by atoms with Crippen molar-refractivity contribution in [2.45, 2.75) is 12.7 Å². The molecule has 2 rings (SSSR count). The van der Waals surface area contributed by atoms with Crippen molar-refractivity contribution >= 4 is 29.1 Å². The van der Waals surface area contributed by atoms with E-state index < -0.39 is 11.7 Å². The van der Waals surface area contributed by atoms with Gasteiger partial charge in [-0.2, -0.15) is 23.1 Å². The van der Waals surface area contributed by atoms with Crippen molar-refractivity contribution in [2.75, 3.05) is 16.8 Å². The van der Waals surface area contributed by atoms with Crippen molar-refractivity contribution in [1.29, 1.82) is 0 Å². The molecule has 2 heterocycles. The van der Waals surface area contributed by atoms with Crippen LogP contribution in [0.1, 0.15) is 11.1 Å². The van der Waals surface area contributed by atoms with Gasteiger partial charge >= 0.3 is 6.18 Å². The molecule has 2 aromatic heterocycles. The summed E-state index contributed by atoms with van der Waals surface area (Å²) in [5.74, 6) is -0.0802. The largest absolute Gasteiger partial charge is 0.416 e. The van der Waals surface area contributed by atoms with E-state index in [9.17, 15) is 13.2 Å². The van der Waals surface area contributed by atoms with Crippen LogP contribution in [0.4, 0.5) is 30.6 Å². The molecule has 6 nitrogen and oxygen atoms in total. The van der Waals surface area contributed by atoms with Crippen LogP contribution in [0.3, 0.4) is 0 Å². The third kappa shape index (κ3) is 3.43. The Balaban J connectivity index is 2.26. The lowest BCUT2D eigenvalue weighted by atomic mass is 10.1. The van der Waals surface area contributed by atoms with E-state index in [1.165, 1.54) is 0 Å². The Kier molecular flexibility index (Phi) is 4.03. The highest BCUT2D eigenvalue weighted by molar-refractivity contribution is 6.32. The van der Waals surface area contributed by atoms with E-state index in [4.69, 9.17) is 23.1 Å². The summed E-state index contributed by atoms with van der Waals surface area (Å²) in [5, 5.41) is 2.57. The van der Waals surface area contributed by atoms with E-state index in [0.29, 0.717) is 0 Å². The Labute approximate surface area is 122 Å². The van der Waals surface area contributed by atoms with Gasteiger partial charge in [0.1, 0.15) is 5.69 Å². The Bertz CT molecular complexity index is 661. The molecule has 0 radical (unpaired) electrons. The molecule has 2 aromatic rings. The third-order valence-electron chi connectivity index (χ3n) is 2.57. The minimum Gasteiger partial charge on any atom is -0.393 e. The summed E-state index contributed by atoms with van der Waals surface area (Å²) in [6.45, 7) is -0.195. The van der Waals surface area contributed by atoms with Gasteiger partial charge in [0.15, 0.2) is 11.0 Å². The van der Waals surface area contributed by atoms with E-state index in [0.717, 1.165) is 18.5 Å². The molecular weight excluding hydrogens is 309 g/mol. The van der Waals surface area contributed by atoms with Crippen LogP contribution in [0.5, 0.6) is 0 Å². The van der Waals surface area contributed by atoms with Crippen LogP contribution in [0.15, 0.2) is 18.5 Å². The number of halogens is 4. The zero-order chi connectivity index (χ0) is 15.6. The molecule has 0 aromatic carbocycles. The zero-order valence-electron chi connectivity index (χ0n) is 10.4. The number of hydrogen-bond donors (Lipinski definition) is 3. The average Bonchev–Trinajstić information content (AvgIpc) is 2.40. The molecule has 112 valence electrons. The molecule has 0 aliphatic carbocycles. The number of rotatable bonds is 3. The van der Waals surface area contributed by atoms with Crippen molar-refractivity contribution in [3.05, 3.63) is 34.7 Å². The van der Waals surface area contributed by atoms with E-state index in [2.05, 4.69) is 20.3 Å². The van der Waals surface area contributed by atoms with E-state index in [-0.39, 0.29) is 34.7 Å². The minimum absolute atomic E-state index is 0.00307. The third-order valence-corrected chi connectivity index (χ3v) is 2.86. The van der Waals surface area contributed by atoms with Gasteiger partial charge in [-0.25, -0.2) is 0 Å². The van der Waals surface area contributed by atoms with E-state index in [1.807, 2.05) is 0 Å². The molecule has 5 N–H and O–H groups in total. The maximum atomic E-state index is 12.8. The maximum Gasteiger partial charge on any atom is 0.416 e. The lowest BCUT2D eigenvalue weighted by Crippen LogP contribution is -2.14. The monoisotopic (exact) mass is 318 g/mol. The molecule has 0 aliphatic rings. The number of hydrogen-bond acceptors (Lipinski definition) is 6. The summed E-state index contributed by atoms with van der Waals surface area (Å²) < 4.78 is 38.5. The lowest BCUT2D eigenvalue weighted by molar-refractivity contribution is -0.138. The number of alkyl halides is 3. The van der Waals surface area contributed by atoms with Gasteiger partial charge in [-0.05, 0) is 6.07 Å². The van der Waals surface area contributed by atoms with Crippen LogP contribution < -0.4 is 16.8 Å². The van der Waals surface area contributed by atoms with Crippen LogP contribution in [-0.4, -0.2) is 15.0 Å². The number of aromatic nitrogens is 3. The molecular formula is C11H10ClF3N6. The lowest BCUT2D eigenvalue weighted by Gasteiger charge is -2.14. The Morgan fingerprint density at radius 1 is 1.24 bits per heavy atom. The standard InChI is InChI=1S/C11H10ClF3N6/c12-8-7(16)9(21-10(17)20-8)19-4-5-3-18-2-1-6(5)11(13,14)15/h1-3H,4,16H2,(H3,17,19,20,21). The normalized spacial score (nSPS) is 11.4. The molecule has 10 heteroatoms. The van der Waals surface area contributed by atoms with Gasteiger partial charge in [-0.3, -0.25) is 4.98 Å². The highest BCUT2D eigenvalue weighted by Crippen LogP contribution is 2.32. The topological polar surface area (TPSA) is 103 Å². The van der Waals surface area contributed by atoms with E-state index >= 15 is 0 Å². The second kappa shape index (κ2) is 5.60. The molecule has 21 heavy (non-hydrogen) atoms. The molecule has 0 atom stereocenters. The Morgan fingerprint density at radius 2 is 1.95 bits per heavy atom. The average molecular weight is 319 g/mol. The van der Waals surface area contributed by atoms with Crippen LogP contribution in [0, 0.1) is 0 Å². The quantitative estimate of drug-likeness (QED) is 0.750. The molecule has 0 bridgehead atoms. The highest BCUT2D eigenvalue weighted by Gasteiger charge is 2.33. The zero-order valence-corrected chi connectivity index (χ0v) is 11.2. The fourth-order valence-electron chi connectivity index (χ4n) is 1.62. The summed E-state index contributed by atoms with van der Waals surface area (Å²) in [6.07, 6.45) is -2.30. The van der Waals surface area contributed by atoms with Crippen LogP contribution in [-0.2, 0) is 12.7 Å². The number of nitrogens with one attached hydrogen (secondary N) is 1. The molecule has 0 unspecified atom stereocenters. The summed E-state index contributed by atoms with van der Waals surface area (Å²) >= 11 is 5.72. The Morgan fingerprint density at radius 3 is 2.62 bits per heavy atom. The highest BCUT2D eigenvalue weighted by atomic mass is 35.5. The van der Waals surface area contributed by atoms with Crippen molar-refractivity contribution < 1.29 is 13.2 Å². The minimum atomic E-state index is -4.48. The first kappa shape index (κ1) is 15.1. The number of pyridine rings is 1. The van der Waals surface area contributed by atoms with Gasteiger partial charge < -0.3 is 16.8 Å². The fourth-order valence-corrected chi connectivity index (χ4v) is 1.79. The van der Waals surface area contributed by atoms with Gasteiger partial charge in [0.25, 0.3) is 0 Å². The van der Waals surface area contributed by atoms with Gasteiger partial charge in [0.2, 0.25) is 5.95 Å². The van der Waals surface area contributed by atoms with Crippen LogP contribution in [0.2, 0.25) is 5.15 Å². The fraction of sp³-hybridized carbons (Fsp3) is 0.182. The second-order valence-electron chi connectivity index (χ2n) is 4.02. The SMILES string of the molecule is Nc1nc(Cl)c(N)c(NCc2cnccc2C(F)(F)F)n1. The Hall–Kier alpha value is -2.29. The van der Waals surface area contributed by atoms with Crippen molar-refractivity contribution in [1.82, 2.24) is 15.0 Å². The van der Waals surface area contributed by atoms with Gasteiger partial charge in [-0.1, -0.05) is 11.6 Å². The molecule has 0 saturated heterocycles. The summed E-state index contributed by atoms with van der Waals surface area (Å²) in [4.78, 5) is 11.1. The smallest absolute Gasteiger partial charge is 0.393 e. The van der Waals surface area contributed by atoms with Crippen LogP contribution >= 0.6 is 11.6 Å². The molecule has 0 saturated carbocycles.